The van der Waals surface area contributed by atoms with Gasteiger partial charge in [0.1, 0.15) is 0 Å². The number of hydrogen-bond donors (Lipinski definition) is 1. The maximum Gasteiger partial charge on any atom is 0.0855 e. The summed E-state index contributed by atoms with van der Waals surface area (Å²) in [6, 6.07) is 0. The molecule has 0 saturated carbocycles. The molecule has 1 aliphatic rings. The smallest absolute Gasteiger partial charge is 0.0855 e. The van der Waals surface area contributed by atoms with Gasteiger partial charge >= 0.3 is 0 Å². The normalized spacial score (nSPS) is 22.7. The van der Waals surface area contributed by atoms with E-state index in [1.54, 1.807) is 6.08 Å². The molecule has 0 atom stereocenters. The zero-order valence-corrected chi connectivity index (χ0v) is 7.53. The van der Waals surface area contributed by atoms with E-state index >= 15 is 0 Å². The summed E-state index contributed by atoms with van der Waals surface area (Å²) in [6.45, 7) is 7.48. The average molecular weight is 175 g/mol. The number of aliphatic hydroxyl groups is 1. The van der Waals surface area contributed by atoms with Crippen LogP contribution in [0, 0.1) is 0 Å². The van der Waals surface area contributed by atoms with Crippen molar-refractivity contribution in [1.29, 1.82) is 0 Å². The number of hydrogen-bond acceptors (Lipinski definition) is 2. The highest BCUT2D eigenvalue weighted by Crippen LogP contribution is 2.08. The van der Waals surface area contributed by atoms with Gasteiger partial charge in [0.2, 0.25) is 0 Å². The first-order valence-electron chi connectivity index (χ1n) is 4.12. The molecule has 1 rings (SSSR count). The van der Waals surface area contributed by atoms with Gasteiger partial charge < -0.3 is 5.11 Å². The minimum atomic E-state index is -0.0838. The van der Waals surface area contributed by atoms with E-state index in [1.807, 2.05) is 18.2 Å². The lowest BCUT2D eigenvalue weighted by atomic mass is 10.1. The van der Waals surface area contributed by atoms with Gasteiger partial charge in [-0.3, -0.25) is 4.99 Å². The minimum absolute atomic E-state index is 0.0838. The zero-order valence-electron chi connectivity index (χ0n) is 7.53. The number of rotatable bonds is 1. The van der Waals surface area contributed by atoms with E-state index in [1.165, 1.54) is 0 Å². The van der Waals surface area contributed by atoms with Crippen LogP contribution in [0.3, 0.4) is 0 Å². The van der Waals surface area contributed by atoms with Crippen molar-refractivity contribution in [3.05, 3.63) is 48.7 Å². The molecule has 13 heavy (non-hydrogen) atoms. The van der Waals surface area contributed by atoms with E-state index in [9.17, 15) is 0 Å². The summed E-state index contributed by atoms with van der Waals surface area (Å²) in [7, 11) is 0. The molecule has 1 heterocycles. The number of nitrogens with zero attached hydrogens (tertiary/aromatic N) is 1. The molecule has 0 bridgehead atoms. The molecule has 0 saturated heterocycles. The van der Waals surface area contributed by atoms with Crippen molar-refractivity contribution < 1.29 is 5.11 Å². The van der Waals surface area contributed by atoms with E-state index < -0.39 is 0 Å². The van der Waals surface area contributed by atoms with Crippen LogP contribution in [-0.4, -0.2) is 17.4 Å². The Kier molecular flexibility index (Phi) is 3.41. The topological polar surface area (TPSA) is 32.6 Å². The molecule has 2 heteroatoms. The average Bonchev–Trinajstić information content (AvgIpc) is 2.19. The van der Waals surface area contributed by atoms with Crippen molar-refractivity contribution in [2.75, 3.05) is 6.61 Å². The molecule has 0 unspecified atom stereocenters. The Bertz CT molecular complexity index is 308. The highest BCUT2D eigenvalue weighted by atomic mass is 16.3. The number of aliphatic hydroxyl groups excluding tert-OH is 1. The van der Waals surface area contributed by atoms with Crippen molar-refractivity contribution in [2.24, 2.45) is 4.99 Å². The highest BCUT2D eigenvalue weighted by Gasteiger charge is 2.02. The molecule has 0 aromatic carbocycles. The summed E-state index contributed by atoms with van der Waals surface area (Å²) in [5, 5.41) is 9.01. The van der Waals surface area contributed by atoms with Crippen LogP contribution in [0.1, 0.15) is 6.42 Å². The van der Waals surface area contributed by atoms with Crippen LogP contribution < -0.4 is 0 Å². The molecular formula is C11H13NO. The Morgan fingerprint density at radius 2 is 2.15 bits per heavy atom. The quantitative estimate of drug-likeness (QED) is 0.649. The molecule has 2 nitrogen and oxygen atoms in total. The van der Waals surface area contributed by atoms with Crippen molar-refractivity contribution in [1.82, 2.24) is 0 Å². The monoisotopic (exact) mass is 175 g/mol. The molecule has 0 aromatic heterocycles. The van der Waals surface area contributed by atoms with Gasteiger partial charge in [0.15, 0.2) is 0 Å². The van der Waals surface area contributed by atoms with Crippen LogP contribution >= 0.6 is 0 Å². The SMILES string of the molecule is C=C1/C=C\C=C/CC(=C)C(CO)=N1. The summed E-state index contributed by atoms with van der Waals surface area (Å²) in [6.07, 6.45) is 8.29. The fourth-order valence-electron chi connectivity index (χ4n) is 1.01. The summed E-state index contributed by atoms with van der Waals surface area (Å²) in [5.41, 5.74) is 2.08. The van der Waals surface area contributed by atoms with E-state index in [4.69, 9.17) is 5.11 Å². The van der Waals surface area contributed by atoms with Crippen LogP contribution in [0.2, 0.25) is 0 Å². The minimum Gasteiger partial charge on any atom is -0.390 e. The Morgan fingerprint density at radius 3 is 2.85 bits per heavy atom. The molecule has 0 aromatic rings. The molecule has 68 valence electrons. The Morgan fingerprint density at radius 1 is 1.38 bits per heavy atom. The van der Waals surface area contributed by atoms with Gasteiger partial charge in [0.25, 0.3) is 0 Å². The Hall–Kier alpha value is -1.41. The zero-order chi connectivity index (χ0) is 9.68. The molecule has 1 aliphatic heterocycles. The van der Waals surface area contributed by atoms with Crippen molar-refractivity contribution in [2.45, 2.75) is 6.42 Å². The second kappa shape index (κ2) is 4.58. The Balaban J connectivity index is 2.96. The standard InChI is InChI=1S/C11H13NO/c1-9-6-4-3-5-7-10(2)12-11(9)8-13/h3-5,7,13H,1-2,6,8H2/b4-3-,7-5-,12-11?. The van der Waals surface area contributed by atoms with Crippen LogP contribution in [-0.2, 0) is 0 Å². The van der Waals surface area contributed by atoms with E-state index in [-0.39, 0.29) is 6.61 Å². The van der Waals surface area contributed by atoms with Crippen molar-refractivity contribution in [3.8, 4) is 0 Å². The second-order valence-electron chi connectivity index (χ2n) is 2.80. The van der Waals surface area contributed by atoms with Gasteiger partial charge in [-0.25, -0.2) is 0 Å². The predicted molar refractivity (Wildman–Crippen MR) is 55.7 cm³/mol. The van der Waals surface area contributed by atoms with E-state index in [0.717, 1.165) is 12.0 Å². The van der Waals surface area contributed by atoms with Crippen molar-refractivity contribution >= 4 is 5.71 Å². The summed E-state index contributed by atoms with van der Waals surface area (Å²) >= 11 is 0. The number of aliphatic imine (C=N–C) groups is 1. The lowest BCUT2D eigenvalue weighted by Crippen LogP contribution is -2.07. The van der Waals surface area contributed by atoms with Gasteiger partial charge in [-0.2, -0.15) is 0 Å². The van der Waals surface area contributed by atoms with E-state index in [0.29, 0.717) is 11.4 Å². The molecule has 0 amide bonds. The van der Waals surface area contributed by atoms with Gasteiger partial charge in [-0.15, -0.1) is 0 Å². The van der Waals surface area contributed by atoms with Gasteiger partial charge in [0.05, 0.1) is 18.0 Å². The van der Waals surface area contributed by atoms with E-state index in [2.05, 4.69) is 18.2 Å². The summed E-state index contributed by atoms with van der Waals surface area (Å²) in [4.78, 5) is 4.14. The van der Waals surface area contributed by atoms with Crippen LogP contribution in [0.4, 0.5) is 0 Å². The lowest BCUT2D eigenvalue weighted by molar-refractivity contribution is 0.357. The van der Waals surface area contributed by atoms with Gasteiger partial charge in [-0.1, -0.05) is 31.4 Å². The third-order valence-corrected chi connectivity index (χ3v) is 1.74. The maximum atomic E-state index is 9.01. The molecule has 1 N–H and O–H groups in total. The first kappa shape index (κ1) is 9.68. The molecular weight excluding hydrogens is 162 g/mol. The third-order valence-electron chi connectivity index (χ3n) is 1.74. The molecule has 0 spiro atoms. The largest absolute Gasteiger partial charge is 0.390 e. The Labute approximate surface area is 78.3 Å². The molecule has 0 fully saturated rings. The summed E-state index contributed by atoms with van der Waals surface area (Å²) in [5.74, 6) is 0. The third kappa shape index (κ3) is 2.84. The van der Waals surface area contributed by atoms with Gasteiger partial charge in [0, 0.05) is 0 Å². The van der Waals surface area contributed by atoms with Crippen LogP contribution in [0.5, 0.6) is 0 Å². The van der Waals surface area contributed by atoms with Gasteiger partial charge in [-0.05, 0) is 18.1 Å². The highest BCUT2D eigenvalue weighted by molar-refractivity contribution is 6.01. The number of allylic oxidation sites excluding steroid dienone is 4. The van der Waals surface area contributed by atoms with Crippen LogP contribution in [0.15, 0.2) is 53.7 Å². The molecule has 0 radical (unpaired) electrons. The fraction of sp³-hybridized carbons (Fsp3) is 0.182. The van der Waals surface area contributed by atoms with Crippen LogP contribution in [0.25, 0.3) is 0 Å². The maximum absolute atomic E-state index is 9.01. The fourth-order valence-corrected chi connectivity index (χ4v) is 1.01. The first-order chi connectivity index (χ1) is 6.24. The predicted octanol–water partition coefficient (Wildman–Crippen LogP) is 2.01. The van der Waals surface area contributed by atoms with Crippen molar-refractivity contribution in [3.63, 3.8) is 0 Å². The summed E-state index contributed by atoms with van der Waals surface area (Å²) < 4.78 is 0. The lowest BCUT2D eigenvalue weighted by Gasteiger charge is -2.03. The second-order valence-corrected chi connectivity index (χ2v) is 2.80. The first-order valence-corrected chi connectivity index (χ1v) is 4.12. The molecule has 0 aliphatic carbocycles.